The first-order valence-corrected chi connectivity index (χ1v) is 8.29. The molecule has 0 aromatic heterocycles. The van der Waals surface area contributed by atoms with Crippen molar-refractivity contribution in [2.75, 3.05) is 26.2 Å². The molecular weight excluding hydrogens is 264 g/mol. The minimum atomic E-state index is 0.121. The molecule has 4 heteroatoms. The average Bonchev–Trinajstić information content (AvgIpc) is 3.00. The van der Waals surface area contributed by atoms with Crippen molar-refractivity contribution < 1.29 is 9.59 Å². The number of piperazine rings is 1. The summed E-state index contributed by atoms with van der Waals surface area (Å²) in [5.74, 6) is 1.27. The molecular formula is C17H28N2O2. The molecule has 2 amide bonds. The van der Waals surface area contributed by atoms with Gasteiger partial charge in [0.1, 0.15) is 0 Å². The van der Waals surface area contributed by atoms with E-state index >= 15 is 0 Å². The summed E-state index contributed by atoms with van der Waals surface area (Å²) in [5, 5.41) is 0. The van der Waals surface area contributed by atoms with Gasteiger partial charge >= 0.3 is 0 Å². The molecule has 0 spiro atoms. The van der Waals surface area contributed by atoms with Crippen LogP contribution in [-0.2, 0) is 9.59 Å². The highest BCUT2D eigenvalue weighted by Crippen LogP contribution is 2.30. The summed E-state index contributed by atoms with van der Waals surface area (Å²) in [5.41, 5.74) is 0. The van der Waals surface area contributed by atoms with Crippen molar-refractivity contribution in [3.63, 3.8) is 0 Å². The van der Waals surface area contributed by atoms with Gasteiger partial charge in [0.05, 0.1) is 0 Å². The van der Waals surface area contributed by atoms with Crippen LogP contribution in [0, 0.1) is 11.8 Å². The second-order valence-corrected chi connectivity index (χ2v) is 6.49. The average molecular weight is 292 g/mol. The summed E-state index contributed by atoms with van der Waals surface area (Å²) in [7, 11) is 0. The van der Waals surface area contributed by atoms with Gasteiger partial charge < -0.3 is 9.80 Å². The molecule has 1 unspecified atom stereocenters. The number of carbonyl (C=O) groups excluding carboxylic acids is 2. The van der Waals surface area contributed by atoms with Crippen molar-refractivity contribution in [2.24, 2.45) is 11.8 Å². The Labute approximate surface area is 128 Å². The molecule has 1 heterocycles. The third-order valence-corrected chi connectivity index (χ3v) is 4.85. The molecule has 0 bridgehead atoms. The fourth-order valence-electron chi connectivity index (χ4n) is 3.59. The van der Waals surface area contributed by atoms with E-state index in [4.69, 9.17) is 0 Å². The summed E-state index contributed by atoms with van der Waals surface area (Å²) in [4.78, 5) is 28.1. The van der Waals surface area contributed by atoms with E-state index in [-0.39, 0.29) is 17.7 Å². The predicted molar refractivity (Wildman–Crippen MR) is 83.7 cm³/mol. The summed E-state index contributed by atoms with van der Waals surface area (Å²) >= 11 is 0. The summed E-state index contributed by atoms with van der Waals surface area (Å²) in [6.07, 6.45) is 8.32. The molecule has 2 rings (SSSR count). The summed E-state index contributed by atoms with van der Waals surface area (Å²) < 4.78 is 0. The molecule has 0 aromatic rings. The number of hydrogen-bond acceptors (Lipinski definition) is 2. The highest BCUT2D eigenvalue weighted by Gasteiger charge is 2.28. The molecule has 1 saturated carbocycles. The molecule has 1 saturated heterocycles. The SMILES string of the molecule is C=CCC(=O)N1CCN(C(=O)C(C)CC2CCCC2)CC1. The molecule has 0 N–H and O–H groups in total. The lowest BCUT2D eigenvalue weighted by Crippen LogP contribution is -2.51. The molecule has 21 heavy (non-hydrogen) atoms. The van der Waals surface area contributed by atoms with Gasteiger partial charge in [0.15, 0.2) is 0 Å². The van der Waals surface area contributed by atoms with Gasteiger partial charge in [-0.05, 0) is 12.3 Å². The first-order chi connectivity index (χ1) is 10.1. The maximum atomic E-state index is 12.5. The molecule has 2 fully saturated rings. The van der Waals surface area contributed by atoms with Crippen LogP contribution in [0.5, 0.6) is 0 Å². The summed E-state index contributed by atoms with van der Waals surface area (Å²) in [6.45, 7) is 8.34. The molecule has 1 aliphatic carbocycles. The Bertz CT molecular complexity index is 380. The van der Waals surface area contributed by atoms with Crippen LogP contribution in [0.15, 0.2) is 12.7 Å². The molecule has 2 aliphatic rings. The Morgan fingerprint density at radius 2 is 1.71 bits per heavy atom. The van der Waals surface area contributed by atoms with Gasteiger partial charge in [-0.1, -0.05) is 38.7 Å². The van der Waals surface area contributed by atoms with E-state index in [9.17, 15) is 9.59 Å². The van der Waals surface area contributed by atoms with Crippen LogP contribution in [-0.4, -0.2) is 47.8 Å². The first kappa shape index (κ1) is 16.1. The van der Waals surface area contributed by atoms with Gasteiger partial charge in [0.2, 0.25) is 11.8 Å². The van der Waals surface area contributed by atoms with Gasteiger partial charge in [0, 0.05) is 38.5 Å². The molecule has 4 nitrogen and oxygen atoms in total. The zero-order valence-electron chi connectivity index (χ0n) is 13.2. The van der Waals surface area contributed by atoms with Crippen LogP contribution in [0.1, 0.15) is 45.4 Å². The summed E-state index contributed by atoms with van der Waals surface area (Å²) in [6, 6.07) is 0. The smallest absolute Gasteiger partial charge is 0.226 e. The number of amides is 2. The van der Waals surface area contributed by atoms with Crippen LogP contribution >= 0.6 is 0 Å². The third-order valence-electron chi connectivity index (χ3n) is 4.85. The Hall–Kier alpha value is -1.32. The minimum Gasteiger partial charge on any atom is -0.339 e. The minimum absolute atomic E-state index is 0.121. The van der Waals surface area contributed by atoms with Crippen molar-refractivity contribution in [1.29, 1.82) is 0 Å². The van der Waals surface area contributed by atoms with Crippen LogP contribution in [0.2, 0.25) is 0 Å². The lowest BCUT2D eigenvalue weighted by Gasteiger charge is -2.36. The standard InChI is InChI=1S/C17H28N2O2/c1-3-6-16(20)18-9-11-19(12-10-18)17(21)14(2)13-15-7-4-5-8-15/h3,14-15H,1,4-13H2,2H3. The normalized spacial score (nSPS) is 21.4. The largest absolute Gasteiger partial charge is 0.339 e. The predicted octanol–water partition coefficient (Wildman–Crippen LogP) is 2.45. The van der Waals surface area contributed by atoms with Gasteiger partial charge in [-0.25, -0.2) is 0 Å². The molecule has 118 valence electrons. The zero-order chi connectivity index (χ0) is 15.2. The van der Waals surface area contributed by atoms with Gasteiger partial charge in [-0.2, -0.15) is 0 Å². The van der Waals surface area contributed by atoms with Crippen molar-refractivity contribution in [3.8, 4) is 0 Å². The van der Waals surface area contributed by atoms with Gasteiger partial charge in [-0.3, -0.25) is 9.59 Å². The topological polar surface area (TPSA) is 40.6 Å². The lowest BCUT2D eigenvalue weighted by atomic mass is 9.93. The fraction of sp³-hybridized carbons (Fsp3) is 0.765. The quantitative estimate of drug-likeness (QED) is 0.730. The van der Waals surface area contributed by atoms with E-state index in [1.807, 2.05) is 9.80 Å². The Kier molecular flexibility index (Phi) is 5.83. The number of hydrogen-bond donors (Lipinski definition) is 0. The second kappa shape index (κ2) is 7.62. The second-order valence-electron chi connectivity index (χ2n) is 6.49. The maximum absolute atomic E-state index is 12.5. The van der Waals surface area contributed by atoms with E-state index in [2.05, 4.69) is 13.5 Å². The van der Waals surface area contributed by atoms with E-state index in [1.54, 1.807) is 6.08 Å². The lowest BCUT2D eigenvalue weighted by molar-refractivity contribution is -0.141. The number of rotatable bonds is 5. The van der Waals surface area contributed by atoms with E-state index < -0.39 is 0 Å². The molecule has 0 radical (unpaired) electrons. The van der Waals surface area contributed by atoms with Crippen LogP contribution < -0.4 is 0 Å². The van der Waals surface area contributed by atoms with Gasteiger partial charge in [0.25, 0.3) is 0 Å². The molecule has 0 aromatic carbocycles. The van der Waals surface area contributed by atoms with Crippen molar-refractivity contribution in [2.45, 2.75) is 45.4 Å². The molecule has 1 aliphatic heterocycles. The van der Waals surface area contributed by atoms with Crippen LogP contribution in [0.25, 0.3) is 0 Å². The molecule has 1 atom stereocenters. The van der Waals surface area contributed by atoms with E-state index in [1.165, 1.54) is 25.7 Å². The first-order valence-electron chi connectivity index (χ1n) is 8.29. The highest BCUT2D eigenvalue weighted by molar-refractivity contribution is 5.80. The van der Waals surface area contributed by atoms with Crippen molar-refractivity contribution in [1.82, 2.24) is 9.80 Å². The van der Waals surface area contributed by atoms with Crippen LogP contribution in [0.3, 0.4) is 0 Å². The maximum Gasteiger partial charge on any atom is 0.226 e. The Morgan fingerprint density at radius 3 is 2.29 bits per heavy atom. The monoisotopic (exact) mass is 292 g/mol. The fourth-order valence-corrected chi connectivity index (χ4v) is 3.59. The number of carbonyl (C=O) groups is 2. The van der Waals surface area contributed by atoms with E-state index in [0.29, 0.717) is 32.6 Å². The number of nitrogens with zero attached hydrogens (tertiary/aromatic N) is 2. The highest BCUT2D eigenvalue weighted by atomic mass is 16.2. The van der Waals surface area contributed by atoms with Crippen molar-refractivity contribution >= 4 is 11.8 Å². The van der Waals surface area contributed by atoms with E-state index in [0.717, 1.165) is 12.3 Å². The van der Waals surface area contributed by atoms with Crippen LogP contribution in [0.4, 0.5) is 0 Å². The Morgan fingerprint density at radius 1 is 1.14 bits per heavy atom. The zero-order valence-corrected chi connectivity index (χ0v) is 13.2. The van der Waals surface area contributed by atoms with Gasteiger partial charge in [-0.15, -0.1) is 6.58 Å². The Balaban J connectivity index is 1.76. The van der Waals surface area contributed by atoms with Crippen molar-refractivity contribution in [3.05, 3.63) is 12.7 Å². The third kappa shape index (κ3) is 4.32.